The summed E-state index contributed by atoms with van der Waals surface area (Å²) >= 11 is 0. The third-order valence-corrected chi connectivity index (χ3v) is 5.54. The van der Waals surface area contributed by atoms with E-state index in [1.54, 1.807) is 4.90 Å². The van der Waals surface area contributed by atoms with E-state index in [9.17, 15) is 18.0 Å². The summed E-state index contributed by atoms with van der Waals surface area (Å²) in [5.74, 6) is -0.782. The van der Waals surface area contributed by atoms with Crippen molar-refractivity contribution in [2.75, 3.05) is 16.8 Å². The number of carbonyl (C=O) groups excluding carboxylic acids is 1. The van der Waals surface area contributed by atoms with E-state index < -0.39 is 23.6 Å². The van der Waals surface area contributed by atoms with Crippen LogP contribution in [0.15, 0.2) is 30.6 Å². The van der Waals surface area contributed by atoms with Crippen molar-refractivity contribution in [1.29, 1.82) is 0 Å². The highest BCUT2D eigenvalue weighted by Gasteiger charge is 2.33. The van der Waals surface area contributed by atoms with Gasteiger partial charge in [-0.15, -0.1) is 0 Å². The summed E-state index contributed by atoms with van der Waals surface area (Å²) in [6.45, 7) is 7.93. The number of hydrogen-bond acceptors (Lipinski definition) is 5. The molecule has 3 rings (SSSR count). The molecule has 0 aliphatic carbocycles. The van der Waals surface area contributed by atoms with Crippen LogP contribution in [-0.2, 0) is 11.0 Å². The van der Waals surface area contributed by atoms with E-state index in [-0.39, 0.29) is 28.9 Å². The highest BCUT2D eigenvalue weighted by Crippen LogP contribution is 2.38. The van der Waals surface area contributed by atoms with E-state index in [4.69, 9.17) is 0 Å². The van der Waals surface area contributed by atoms with Crippen molar-refractivity contribution in [2.45, 2.75) is 65.2 Å². The summed E-state index contributed by atoms with van der Waals surface area (Å²) in [5, 5.41) is 2.92. The van der Waals surface area contributed by atoms with Gasteiger partial charge in [0.2, 0.25) is 5.82 Å². The molecule has 2 unspecified atom stereocenters. The van der Waals surface area contributed by atoms with Gasteiger partial charge in [0.1, 0.15) is 6.33 Å². The highest BCUT2D eigenvalue weighted by molar-refractivity contribution is 5.84. The predicted octanol–water partition coefficient (Wildman–Crippen LogP) is 5.78. The number of nitrogens with zero attached hydrogens (tertiary/aromatic N) is 3. The molecular formula is C23H28F4N4O. The molecule has 2 aromatic rings. The fourth-order valence-corrected chi connectivity index (χ4v) is 4.00. The maximum atomic E-state index is 15.4. The average molecular weight is 452 g/mol. The molecule has 1 aliphatic heterocycles. The maximum absolute atomic E-state index is 15.4. The van der Waals surface area contributed by atoms with Crippen LogP contribution in [0.2, 0.25) is 0 Å². The smallest absolute Gasteiger partial charge is 0.358 e. The number of benzene rings is 1. The number of nitrogens with one attached hydrogen (secondary N) is 1. The minimum Gasteiger partial charge on any atom is -0.358 e. The maximum Gasteiger partial charge on any atom is 0.416 e. The quantitative estimate of drug-likeness (QED) is 0.563. The van der Waals surface area contributed by atoms with Gasteiger partial charge in [0.05, 0.1) is 17.6 Å². The molecule has 32 heavy (non-hydrogen) atoms. The van der Waals surface area contributed by atoms with E-state index in [0.29, 0.717) is 24.9 Å². The number of alkyl halides is 3. The summed E-state index contributed by atoms with van der Waals surface area (Å²) in [7, 11) is 0. The average Bonchev–Trinajstić information content (AvgIpc) is 3.17. The normalized spacial score (nSPS) is 18.0. The van der Waals surface area contributed by atoms with Gasteiger partial charge in [0.15, 0.2) is 17.4 Å². The van der Waals surface area contributed by atoms with Gasteiger partial charge >= 0.3 is 6.18 Å². The number of ketones is 1. The Hall–Kier alpha value is -2.71. The van der Waals surface area contributed by atoms with E-state index in [1.165, 1.54) is 25.4 Å². The Labute approximate surface area is 185 Å². The molecule has 5 nitrogen and oxygen atoms in total. The molecule has 0 amide bonds. The van der Waals surface area contributed by atoms with Crippen LogP contribution in [0.25, 0.3) is 0 Å². The molecule has 0 bridgehead atoms. The predicted molar refractivity (Wildman–Crippen MR) is 115 cm³/mol. The molecule has 0 radical (unpaired) electrons. The molecule has 1 saturated heterocycles. The lowest BCUT2D eigenvalue weighted by molar-refractivity contribution is -0.137. The van der Waals surface area contributed by atoms with Gasteiger partial charge in [-0.2, -0.15) is 17.6 Å². The number of halogens is 4. The Morgan fingerprint density at radius 3 is 2.41 bits per heavy atom. The van der Waals surface area contributed by atoms with Crippen molar-refractivity contribution in [3.05, 3.63) is 47.5 Å². The molecule has 0 saturated carbocycles. The Bertz CT molecular complexity index is 954. The standard InChI is InChI=1S/C23H28F4N4O/c1-14(32)17(12-22(2,3)4)30-20-19(24)21(29-13-28-20)31-11-5-6-18(31)15-7-9-16(10-8-15)23(25,26)27/h7-10,13,17-18H,5-6,11-12H2,1-4H3,(H,28,29,30). The minimum atomic E-state index is -4.41. The molecule has 1 fully saturated rings. The lowest BCUT2D eigenvalue weighted by Gasteiger charge is -2.28. The zero-order valence-electron chi connectivity index (χ0n) is 18.6. The second kappa shape index (κ2) is 9.03. The summed E-state index contributed by atoms with van der Waals surface area (Å²) in [6.07, 6.45) is -1.26. The van der Waals surface area contributed by atoms with Crippen molar-refractivity contribution in [1.82, 2.24) is 9.97 Å². The highest BCUT2D eigenvalue weighted by atomic mass is 19.4. The minimum absolute atomic E-state index is 0.0579. The van der Waals surface area contributed by atoms with Crippen molar-refractivity contribution in [3.63, 3.8) is 0 Å². The van der Waals surface area contributed by atoms with Gasteiger partial charge in [0.25, 0.3) is 0 Å². The van der Waals surface area contributed by atoms with Crippen LogP contribution >= 0.6 is 0 Å². The number of hydrogen-bond donors (Lipinski definition) is 1. The van der Waals surface area contributed by atoms with E-state index >= 15 is 4.39 Å². The number of rotatable bonds is 6. The monoisotopic (exact) mass is 452 g/mol. The van der Waals surface area contributed by atoms with Gasteiger partial charge in [-0.1, -0.05) is 32.9 Å². The lowest BCUT2D eigenvalue weighted by Crippen LogP contribution is -2.33. The van der Waals surface area contributed by atoms with Crippen LogP contribution in [0.4, 0.5) is 29.2 Å². The first-order valence-corrected chi connectivity index (χ1v) is 10.6. The Morgan fingerprint density at radius 2 is 1.84 bits per heavy atom. The molecule has 1 aromatic heterocycles. The van der Waals surface area contributed by atoms with Gasteiger partial charge < -0.3 is 10.2 Å². The first-order valence-electron chi connectivity index (χ1n) is 10.6. The molecule has 1 aliphatic rings. The topological polar surface area (TPSA) is 58.1 Å². The molecule has 1 aromatic carbocycles. The number of aromatic nitrogens is 2. The lowest BCUT2D eigenvalue weighted by atomic mass is 9.87. The van der Waals surface area contributed by atoms with Crippen LogP contribution in [-0.4, -0.2) is 28.3 Å². The number of anilines is 2. The molecule has 2 atom stereocenters. The van der Waals surface area contributed by atoms with E-state index in [1.807, 2.05) is 20.8 Å². The van der Waals surface area contributed by atoms with Crippen LogP contribution in [0.5, 0.6) is 0 Å². The summed E-state index contributed by atoms with van der Waals surface area (Å²) in [4.78, 5) is 22.0. The number of Topliss-reactive ketones (excluding diaryl/α,β-unsaturated/α-hetero) is 1. The summed E-state index contributed by atoms with van der Waals surface area (Å²) in [5.41, 5.74) is -0.213. The van der Waals surface area contributed by atoms with Gasteiger partial charge in [-0.25, -0.2) is 9.97 Å². The fourth-order valence-electron chi connectivity index (χ4n) is 4.00. The zero-order chi connectivity index (χ0) is 23.7. The SMILES string of the molecule is CC(=O)C(CC(C)(C)C)Nc1ncnc(N2CCCC2c2ccc(C(F)(F)F)cc2)c1F. The first kappa shape index (κ1) is 23.9. The third-order valence-electron chi connectivity index (χ3n) is 5.54. The second-order valence-corrected chi connectivity index (χ2v) is 9.40. The summed E-state index contributed by atoms with van der Waals surface area (Å²) in [6, 6.07) is 4.04. The Morgan fingerprint density at radius 1 is 1.19 bits per heavy atom. The Kier molecular flexibility index (Phi) is 6.76. The molecule has 1 N–H and O–H groups in total. The zero-order valence-corrected chi connectivity index (χ0v) is 18.6. The van der Waals surface area contributed by atoms with Crippen LogP contribution < -0.4 is 10.2 Å². The molecule has 9 heteroatoms. The summed E-state index contributed by atoms with van der Waals surface area (Å²) < 4.78 is 54.1. The van der Waals surface area contributed by atoms with Gasteiger partial charge in [-0.05, 0) is 49.3 Å². The van der Waals surface area contributed by atoms with Crippen molar-refractivity contribution in [2.24, 2.45) is 5.41 Å². The molecule has 174 valence electrons. The van der Waals surface area contributed by atoms with Crippen molar-refractivity contribution < 1.29 is 22.4 Å². The van der Waals surface area contributed by atoms with Crippen LogP contribution in [0, 0.1) is 11.2 Å². The molecule has 0 spiro atoms. The van der Waals surface area contributed by atoms with Crippen LogP contribution in [0.3, 0.4) is 0 Å². The van der Waals surface area contributed by atoms with Gasteiger partial charge in [0, 0.05) is 6.54 Å². The Balaban J connectivity index is 1.87. The van der Waals surface area contributed by atoms with E-state index in [2.05, 4.69) is 15.3 Å². The van der Waals surface area contributed by atoms with Crippen LogP contribution in [0.1, 0.15) is 64.1 Å². The van der Waals surface area contributed by atoms with E-state index in [0.717, 1.165) is 18.6 Å². The largest absolute Gasteiger partial charge is 0.416 e. The van der Waals surface area contributed by atoms with Crippen molar-refractivity contribution >= 4 is 17.4 Å². The molecule has 2 heterocycles. The van der Waals surface area contributed by atoms with Crippen molar-refractivity contribution in [3.8, 4) is 0 Å². The third kappa shape index (κ3) is 5.55. The first-order chi connectivity index (χ1) is 14.9. The second-order valence-electron chi connectivity index (χ2n) is 9.40. The number of carbonyl (C=O) groups is 1. The fraction of sp³-hybridized carbons (Fsp3) is 0.522. The van der Waals surface area contributed by atoms with Gasteiger partial charge in [-0.3, -0.25) is 4.79 Å². The molecular weight excluding hydrogens is 424 g/mol.